The molecule has 0 aliphatic heterocycles. The summed E-state index contributed by atoms with van der Waals surface area (Å²) in [5, 5.41) is 6.53. The van der Waals surface area contributed by atoms with E-state index in [0.29, 0.717) is 28.4 Å². The van der Waals surface area contributed by atoms with Gasteiger partial charge in [-0.1, -0.05) is 30.3 Å². The van der Waals surface area contributed by atoms with Gasteiger partial charge in [0.25, 0.3) is 11.8 Å². The van der Waals surface area contributed by atoms with Crippen LogP contribution in [0.4, 0.5) is 11.4 Å². The fourth-order valence-electron chi connectivity index (χ4n) is 2.93. The molecule has 2 amide bonds. The third kappa shape index (κ3) is 4.64. The second-order valence-electron chi connectivity index (χ2n) is 6.65. The molecule has 4 aromatic rings. The van der Waals surface area contributed by atoms with Gasteiger partial charge in [0, 0.05) is 17.8 Å². The van der Waals surface area contributed by atoms with Crippen LogP contribution in [0.1, 0.15) is 36.5 Å². The zero-order valence-corrected chi connectivity index (χ0v) is 17.0. The maximum atomic E-state index is 12.7. The molecule has 2 aromatic carbocycles. The summed E-state index contributed by atoms with van der Waals surface area (Å²) in [6, 6.07) is 20.2. The summed E-state index contributed by atoms with van der Waals surface area (Å²) < 4.78 is 5.07. The van der Waals surface area contributed by atoms with Crippen LogP contribution in [0.5, 0.6) is 0 Å². The Balaban J connectivity index is 1.39. The average Bonchev–Trinajstić information content (AvgIpc) is 3.40. The van der Waals surface area contributed by atoms with Crippen LogP contribution in [0.2, 0.25) is 0 Å². The first-order chi connectivity index (χ1) is 14.6. The summed E-state index contributed by atoms with van der Waals surface area (Å²) in [6.07, 6.45) is 2.14. The Labute approximate surface area is 177 Å². The fourth-order valence-corrected chi connectivity index (χ4v) is 3.93. The molecule has 0 aliphatic rings. The number of nitrogens with zero attached hydrogens (tertiary/aromatic N) is 1. The van der Waals surface area contributed by atoms with Crippen molar-refractivity contribution in [1.82, 2.24) is 4.98 Å². The van der Waals surface area contributed by atoms with Crippen molar-refractivity contribution in [3.05, 3.63) is 99.9 Å². The summed E-state index contributed by atoms with van der Waals surface area (Å²) in [7, 11) is 0. The lowest BCUT2D eigenvalue weighted by Gasteiger charge is -2.07. The summed E-state index contributed by atoms with van der Waals surface area (Å²) in [5.74, 6) is -0.293. The van der Waals surface area contributed by atoms with E-state index in [0.717, 1.165) is 10.6 Å². The molecule has 2 N–H and O–H groups in total. The minimum absolute atomic E-state index is 0.198. The number of carbonyl (C=O) groups is 2. The van der Waals surface area contributed by atoms with Gasteiger partial charge in [0.2, 0.25) is 0 Å². The molecule has 0 unspecified atom stereocenters. The predicted molar refractivity (Wildman–Crippen MR) is 117 cm³/mol. The number of thiazole rings is 1. The van der Waals surface area contributed by atoms with Crippen LogP contribution >= 0.6 is 11.3 Å². The third-order valence-corrected chi connectivity index (χ3v) is 5.55. The van der Waals surface area contributed by atoms with E-state index < -0.39 is 0 Å². The molecule has 0 atom stereocenters. The molecule has 6 nitrogen and oxygen atoms in total. The predicted octanol–water partition coefficient (Wildman–Crippen LogP) is 5.14. The molecule has 0 fully saturated rings. The summed E-state index contributed by atoms with van der Waals surface area (Å²) >= 11 is 1.40. The average molecular weight is 417 g/mol. The Hall–Kier alpha value is -3.71. The van der Waals surface area contributed by atoms with Gasteiger partial charge in [-0.05, 0) is 48.9 Å². The van der Waals surface area contributed by atoms with Crippen LogP contribution < -0.4 is 10.6 Å². The van der Waals surface area contributed by atoms with E-state index in [1.54, 1.807) is 36.4 Å². The number of hydrogen-bond acceptors (Lipinski definition) is 5. The smallest absolute Gasteiger partial charge is 0.291 e. The standard InChI is InChI=1S/C23H19N3O3S/c1-15-21(30-20(24-15)14-16-6-3-2-4-7-16)23(28)26-18-11-9-17(10-12-18)25-22(27)19-8-5-13-29-19/h2-13H,14H2,1H3,(H,25,27)(H,26,28). The highest BCUT2D eigenvalue weighted by Crippen LogP contribution is 2.23. The first kappa shape index (κ1) is 19.6. The molecule has 0 saturated carbocycles. The summed E-state index contributed by atoms with van der Waals surface area (Å²) in [6.45, 7) is 1.84. The number of aromatic nitrogens is 1. The van der Waals surface area contributed by atoms with Gasteiger partial charge in [-0.2, -0.15) is 0 Å². The zero-order valence-electron chi connectivity index (χ0n) is 16.2. The summed E-state index contributed by atoms with van der Waals surface area (Å²) in [5.41, 5.74) is 3.11. The highest BCUT2D eigenvalue weighted by molar-refractivity contribution is 7.14. The van der Waals surface area contributed by atoms with Crippen molar-refractivity contribution in [2.75, 3.05) is 10.6 Å². The molecule has 2 heterocycles. The zero-order chi connectivity index (χ0) is 20.9. The van der Waals surface area contributed by atoms with Gasteiger partial charge in [0.1, 0.15) is 4.88 Å². The molecule has 2 aromatic heterocycles. The van der Waals surface area contributed by atoms with Crippen LogP contribution in [0.3, 0.4) is 0 Å². The number of rotatable bonds is 6. The molecule has 150 valence electrons. The Bertz CT molecular complexity index is 1150. The molecule has 0 aliphatic carbocycles. The first-order valence-electron chi connectivity index (χ1n) is 9.35. The third-order valence-electron chi connectivity index (χ3n) is 4.39. The van der Waals surface area contributed by atoms with E-state index in [-0.39, 0.29) is 17.6 Å². The number of aryl methyl sites for hydroxylation is 1. The van der Waals surface area contributed by atoms with Crippen molar-refractivity contribution in [3.63, 3.8) is 0 Å². The Morgan fingerprint density at radius 3 is 2.20 bits per heavy atom. The van der Waals surface area contributed by atoms with Crippen LogP contribution in [0, 0.1) is 6.92 Å². The van der Waals surface area contributed by atoms with Crippen molar-refractivity contribution in [3.8, 4) is 0 Å². The normalized spacial score (nSPS) is 10.6. The lowest BCUT2D eigenvalue weighted by Crippen LogP contribution is -2.12. The number of furan rings is 1. The van der Waals surface area contributed by atoms with Crippen molar-refractivity contribution >= 4 is 34.5 Å². The molecule has 30 heavy (non-hydrogen) atoms. The highest BCUT2D eigenvalue weighted by Gasteiger charge is 2.16. The van der Waals surface area contributed by atoms with Crippen molar-refractivity contribution < 1.29 is 14.0 Å². The van der Waals surface area contributed by atoms with Gasteiger partial charge in [0.05, 0.1) is 17.0 Å². The van der Waals surface area contributed by atoms with E-state index in [1.165, 1.54) is 17.6 Å². The SMILES string of the molecule is Cc1nc(Cc2ccccc2)sc1C(=O)Nc1ccc(NC(=O)c2ccco2)cc1. The Morgan fingerprint density at radius 1 is 0.900 bits per heavy atom. The molecule has 0 bridgehead atoms. The number of amides is 2. The number of hydrogen-bond donors (Lipinski definition) is 2. The molecule has 7 heteroatoms. The fraction of sp³-hybridized carbons (Fsp3) is 0.0870. The van der Waals surface area contributed by atoms with Crippen molar-refractivity contribution in [2.24, 2.45) is 0 Å². The van der Waals surface area contributed by atoms with Gasteiger partial charge in [-0.15, -0.1) is 11.3 Å². The largest absolute Gasteiger partial charge is 0.459 e. The number of carbonyl (C=O) groups excluding carboxylic acids is 2. The quantitative estimate of drug-likeness (QED) is 0.455. The van der Waals surface area contributed by atoms with Gasteiger partial charge in [-0.3, -0.25) is 9.59 Å². The van der Waals surface area contributed by atoms with Crippen molar-refractivity contribution in [1.29, 1.82) is 0 Å². The van der Waals surface area contributed by atoms with E-state index in [1.807, 2.05) is 37.3 Å². The molecule has 0 saturated heterocycles. The van der Waals surface area contributed by atoms with Crippen LogP contribution in [-0.4, -0.2) is 16.8 Å². The van der Waals surface area contributed by atoms with E-state index in [4.69, 9.17) is 4.42 Å². The van der Waals surface area contributed by atoms with Gasteiger partial charge < -0.3 is 15.1 Å². The minimum atomic E-state index is -0.331. The van der Waals surface area contributed by atoms with Gasteiger partial charge >= 0.3 is 0 Å². The van der Waals surface area contributed by atoms with Crippen LogP contribution in [-0.2, 0) is 6.42 Å². The molecule has 0 spiro atoms. The monoisotopic (exact) mass is 417 g/mol. The van der Waals surface area contributed by atoms with Gasteiger partial charge in [-0.25, -0.2) is 4.98 Å². The van der Waals surface area contributed by atoms with E-state index in [2.05, 4.69) is 15.6 Å². The minimum Gasteiger partial charge on any atom is -0.459 e. The van der Waals surface area contributed by atoms with E-state index in [9.17, 15) is 9.59 Å². The number of anilines is 2. The maximum Gasteiger partial charge on any atom is 0.291 e. The maximum absolute atomic E-state index is 12.7. The Morgan fingerprint density at radius 2 is 1.57 bits per heavy atom. The number of nitrogens with one attached hydrogen (secondary N) is 2. The summed E-state index contributed by atoms with van der Waals surface area (Å²) in [4.78, 5) is 29.8. The Kier molecular flexibility index (Phi) is 5.72. The van der Waals surface area contributed by atoms with Gasteiger partial charge in [0.15, 0.2) is 5.76 Å². The van der Waals surface area contributed by atoms with Crippen molar-refractivity contribution in [2.45, 2.75) is 13.3 Å². The lowest BCUT2D eigenvalue weighted by molar-refractivity contribution is 0.0994. The van der Waals surface area contributed by atoms with E-state index >= 15 is 0 Å². The second kappa shape index (κ2) is 8.75. The molecule has 0 radical (unpaired) electrons. The lowest BCUT2D eigenvalue weighted by atomic mass is 10.2. The topological polar surface area (TPSA) is 84.2 Å². The van der Waals surface area contributed by atoms with Crippen LogP contribution in [0.15, 0.2) is 77.4 Å². The molecule has 4 rings (SSSR count). The first-order valence-corrected chi connectivity index (χ1v) is 10.2. The number of benzene rings is 2. The second-order valence-corrected chi connectivity index (χ2v) is 7.73. The molecular weight excluding hydrogens is 398 g/mol. The highest BCUT2D eigenvalue weighted by atomic mass is 32.1. The molecular formula is C23H19N3O3S. The van der Waals surface area contributed by atoms with Crippen LogP contribution in [0.25, 0.3) is 0 Å².